The van der Waals surface area contributed by atoms with Crippen molar-refractivity contribution in [3.8, 4) is 0 Å². The lowest BCUT2D eigenvalue weighted by atomic mass is 10.1. The van der Waals surface area contributed by atoms with E-state index < -0.39 is 24.3 Å². The number of rotatable bonds is 14. The first-order valence-corrected chi connectivity index (χ1v) is 8.91. The van der Waals surface area contributed by atoms with Crippen LogP contribution in [-0.4, -0.2) is 44.7 Å². The smallest absolute Gasteiger partial charge is 0.303 e. The zero-order chi connectivity index (χ0) is 18.9. The fourth-order valence-corrected chi connectivity index (χ4v) is 2.09. The van der Waals surface area contributed by atoms with E-state index in [1.165, 1.54) is 0 Å². The molecule has 0 aliphatic rings. The summed E-state index contributed by atoms with van der Waals surface area (Å²) in [4.78, 5) is 10.4. The second-order valence-corrected chi connectivity index (χ2v) is 5.95. The third-order valence-electron chi connectivity index (χ3n) is 3.59. The van der Waals surface area contributed by atoms with Gasteiger partial charge in [-0.05, 0) is 19.3 Å². The van der Waals surface area contributed by atoms with Crippen molar-refractivity contribution in [3.05, 3.63) is 48.6 Å². The first kappa shape index (κ1) is 23.3. The van der Waals surface area contributed by atoms with Crippen molar-refractivity contribution < 1.29 is 25.2 Å². The molecule has 0 aliphatic heterocycles. The lowest BCUT2D eigenvalue weighted by molar-refractivity contribution is -0.137. The third-order valence-corrected chi connectivity index (χ3v) is 3.59. The quantitative estimate of drug-likeness (QED) is 0.284. The van der Waals surface area contributed by atoms with E-state index in [1.807, 2.05) is 0 Å². The Kier molecular flexibility index (Phi) is 14.7. The molecule has 4 N–H and O–H groups in total. The molecule has 0 aliphatic carbocycles. The Bertz CT molecular complexity index is 451. The van der Waals surface area contributed by atoms with Crippen LogP contribution in [0.1, 0.15) is 51.9 Å². The molecular weight excluding hydrogens is 320 g/mol. The molecule has 25 heavy (non-hydrogen) atoms. The molecule has 5 nitrogen and oxygen atoms in total. The Labute approximate surface area is 150 Å². The molecule has 0 aromatic carbocycles. The Morgan fingerprint density at radius 1 is 0.840 bits per heavy atom. The second kappa shape index (κ2) is 15.8. The van der Waals surface area contributed by atoms with Crippen molar-refractivity contribution in [3.63, 3.8) is 0 Å². The molecule has 0 aromatic heterocycles. The molecule has 0 rings (SSSR count). The Balaban J connectivity index is 3.96. The fourth-order valence-electron chi connectivity index (χ4n) is 2.09. The maximum atomic E-state index is 10.4. The van der Waals surface area contributed by atoms with Gasteiger partial charge in [-0.3, -0.25) is 4.79 Å². The van der Waals surface area contributed by atoms with Crippen molar-refractivity contribution in [2.24, 2.45) is 0 Å². The van der Waals surface area contributed by atoms with Gasteiger partial charge in [0.05, 0.1) is 18.3 Å². The van der Waals surface area contributed by atoms with Crippen LogP contribution in [0.3, 0.4) is 0 Å². The van der Waals surface area contributed by atoms with E-state index in [1.54, 1.807) is 48.6 Å². The summed E-state index contributed by atoms with van der Waals surface area (Å²) in [5.74, 6) is -0.854. The van der Waals surface area contributed by atoms with E-state index in [-0.39, 0.29) is 6.42 Å². The minimum atomic E-state index is -0.855. The van der Waals surface area contributed by atoms with Gasteiger partial charge in [0.2, 0.25) is 0 Å². The summed E-state index contributed by atoms with van der Waals surface area (Å²) < 4.78 is 0. The van der Waals surface area contributed by atoms with E-state index in [0.717, 1.165) is 19.3 Å². The summed E-state index contributed by atoms with van der Waals surface area (Å²) in [5.41, 5.74) is 0. The van der Waals surface area contributed by atoms with Crippen LogP contribution in [0.4, 0.5) is 0 Å². The van der Waals surface area contributed by atoms with Crippen LogP contribution in [0.2, 0.25) is 0 Å². The summed E-state index contributed by atoms with van der Waals surface area (Å²) in [6, 6.07) is 0. The van der Waals surface area contributed by atoms with Crippen molar-refractivity contribution in [2.75, 3.05) is 0 Å². The molecule has 0 radical (unpaired) electrons. The highest BCUT2D eigenvalue weighted by Gasteiger charge is 2.11. The molecule has 3 atom stereocenters. The van der Waals surface area contributed by atoms with Crippen LogP contribution < -0.4 is 0 Å². The van der Waals surface area contributed by atoms with Crippen molar-refractivity contribution in [2.45, 2.75) is 70.2 Å². The van der Waals surface area contributed by atoms with Crippen LogP contribution in [0, 0.1) is 0 Å². The number of carboxylic acids is 1. The standard InChI is InChI=1S/C20H32O5/c1-2-3-8-14-18(22)19(23)15-10-7-5-4-6-9-12-17(21)13-11-16-20(24)25/h4-7,9-10,12,15,17-19,21-23H,2-3,8,11,13-14,16H2,1H3,(H,24,25)/t17-,18+,19-/m1/s1. The Morgan fingerprint density at radius 3 is 2.04 bits per heavy atom. The van der Waals surface area contributed by atoms with Crippen LogP contribution in [0.25, 0.3) is 0 Å². The highest BCUT2D eigenvalue weighted by molar-refractivity contribution is 5.66. The highest BCUT2D eigenvalue weighted by Crippen LogP contribution is 2.07. The van der Waals surface area contributed by atoms with Crippen molar-refractivity contribution >= 4 is 5.97 Å². The first-order valence-electron chi connectivity index (χ1n) is 8.91. The molecule has 142 valence electrons. The van der Waals surface area contributed by atoms with Gasteiger partial charge in [0.25, 0.3) is 0 Å². The average Bonchev–Trinajstić information content (AvgIpc) is 2.56. The Morgan fingerprint density at radius 2 is 1.44 bits per heavy atom. The van der Waals surface area contributed by atoms with Gasteiger partial charge in [-0.15, -0.1) is 0 Å². The summed E-state index contributed by atoms with van der Waals surface area (Å²) in [6.07, 6.45) is 16.0. The zero-order valence-corrected chi connectivity index (χ0v) is 15.0. The predicted octanol–water partition coefficient (Wildman–Crippen LogP) is 3.13. The van der Waals surface area contributed by atoms with Gasteiger partial charge < -0.3 is 20.4 Å². The summed E-state index contributed by atoms with van der Waals surface area (Å²) in [7, 11) is 0. The molecule has 0 heterocycles. The van der Waals surface area contributed by atoms with Gasteiger partial charge in [-0.1, -0.05) is 74.8 Å². The first-order chi connectivity index (χ1) is 12.0. The van der Waals surface area contributed by atoms with Gasteiger partial charge in [0.15, 0.2) is 0 Å². The van der Waals surface area contributed by atoms with Crippen LogP contribution in [0.5, 0.6) is 0 Å². The number of aliphatic carboxylic acids is 1. The largest absolute Gasteiger partial charge is 0.481 e. The maximum absolute atomic E-state index is 10.4. The van der Waals surface area contributed by atoms with Crippen molar-refractivity contribution in [1.82, 2.24) is 0 Å². The monoisotopic (exact) mass is 352 g/mol. The van der Waals surface area contributed by atoms with Gasteiger partial charge in [0.1, 0.15) is 0 Å². The van der Waals surface area contributed by atoms with E-state index in [2.05, 4.69) is 6.92 Å². The summed E-state index contributed by atoms with van der Waals surface area (Å²) >= 11 is 0. The molecule has 0 fully saturated rings. The summed E-state index contributed by atoms with van der Waals surface area (Å²) in [6.45, 7) is 2.09. The molecule has 0 saturated carbocycles. The number of aliphatic hydroxyl groups excluding tert-OH is 3. The third kappa shape index (κ3) is 15.6. The number of hydrogen-bond donors (Lipinski definition) is 4. The van der Waals surface area contributed by atoms with Gasteiger partial charge >= 0.3 is 5.97 Å². The predicted molar refractivity (Wildman–Crippen MR) is 100 cm³/mol. The van der Waals surface area contributed by atoms with Gasteiger partial charge in [0, 0.05) is 6.42 Å². The van der Waals surface area contributed by atoms with Crippen LogP contribution in [-0.2, 0) is 4.79 Å². The average molecular weight is 352 g/mol. The molecule has 0 aromatic rings. The maximum Gasteiger partial charge on any atom is 0.303 e. The summed E-state index contributed by atoms with van der Waals surface area (Å²) in [5, 5.41) is 37.6. The minimum Gasteiger partial charge on any atom is -0.481 e. The van der Waals surface area contributed by atoms with Crippen molar-refractivity contribution in [1.29, 1.82) is 0 Å². The second-order valence-electron chi connectivity index (χ2n) is 5.95. The fraction of sp³-hybridized carbons (Fsp3) is 0.550. The minimum absolute atomic E-state index is 0.0644. The number of carboxylic acid groups (broad SMARTS) is 1. The molecule has 0 amide bonds. The molecule has 0 bridgehead atoms. The molecule has 0 spiro atoms. The number of allylic oxidation sites excluding steroid dienone is 6. The highest BCUT2D eigenvalue weighted by atomic mass is 16.4. The lowest BCUT2D eigenvalue weighted by Gasteiger charge is -2.13. The topological polar surface area (TPSA) is 98.0 Å². The lowest BCUT2D eigenvalue weighted by Crippen LogP contribution is -2.23. The van der Waals surface area contributed by atoms with E-state index in [0.29, 0.717) is 19.3 Å². The molecule has 0 saturated heterocycles. The molecular formula is C20H32O5. The number of aliphatic hydroxyl groups is 3. The zero-order valence-electron chi connectivity index (χ0n) is 15.0. The number of unbranched alkanes of at least 4 members (excludes halogenated alkanes) is 2. The van der Waals surface area contributed by atoms with Gasteiger partial charge in [-0.2, -0.15) is 0 Å². The van der Waals surface area contributed by atoms with Gasteiger partial charge in [-0.25, -0.2) is 0 Å². The SMILES string of the molecule is CCCCC[C@H](O)[C@H](O)C=CC=CC=CC=C[C@@H](O)CCCC(=O)O. The van der Waals surface area contributed by atoms with Crippen LogP contribution >= 0.6 is 0 Å². The van der Waals surface area contributed by atoms with E-state index >= 15 is 0 Å². The normalized spacial score (nSPS) is 16.3. The number of carbonyl (C=O) groups is 1. The van der Waals surface area contributed by atoms with E-state index in [9.17, 15) is 20.1 Å². The number of hydrogen-bond acceptors (Lipinski definition) is 4. The molecule has 5 heteroatoms. The van der Waals surface area contributed by atoms with Crippen LogP contribution in [0.15, 0.2) is 48.6 Å². The van der Waals surface area contributed by atoms with E-state index in [4.69, 9.17) is 5.11 Å². The Hall–Kier alpha value is -1.69. The molecule has 0 unspecified atom stereocenters.